The van der Waals surface area contributed by atoms with Crippen LogP contribution in [0.5, 0.6) is 0 Å². The van der Waals surface area contributed by atoms with Crippen molar-refractivity contribution in [3.8, 4) is 0 Å². The van der Waals surface area contributed by atoms with E-state index in [0.717, 1.165) is 59.4 Å². The van der Waals surface area contributed by atoms with Gasteiger partial charge in [0.25, 0.3) is 5.91 Å². The van der Waals surface area contributed by atoms with Crippen LogP contribution in [-0.4, -0.2) is 42.1 Å². The first kappa shape index (κ1) is 18.8. The van der Waals surface area contributed by atoms with Gasteiger partial charge in [-0.1, -0.05) is 17.3 Å². The molecule has 0 unspecified atom stereocenters. The minimum atomic E-state index is 0. The molecule has 0 bridgehead atoms. The van der Waals surface area contributed by atoms with E-state index in [0.29, 0.717) is 0 Å². The fourth-order valence-electron chi connectivity index (χ4n) is 2.67. The van der Waals surface area contributed by atoms with Crippen LogP contribution in [0.25, 0.3) is 0 Å². The van der Waals surface area contributed by atoms with Crippen molar-refractivity contribution in [1.82, 2.24) is 15.4 Å². The molecule has 3 rings (SSSR count). The molecular formula is C17H22ClN3O2S. The van der Waals surface area contributed by atoms with Crippen molar-refractivity contribution in [3.63, 3.8) is 0 Å². The molecule has 1 aliphatic rings. The molecule has 2 aromatic rings. The molecule has 1 aromatic carbocycles. The molecule has 1 saturated heterocycles. The predicted octanol–water partition coefficient (Wildman–Crippen LogP) is 3.05. The highest BCUT2D eigenvalue weighted by Gasteiger charge is 2.21. The lowest BCUT2D eigenvalue weighted by Crippen LogP contribution is -2.46. The number of piperazine rings is 1. The van der Waals surface area contributed by atoms with Gasteiger partial charge in [0.2, 0.25) is 0 Å². The van der Waals surface area contributed by atoms with Crippen LogP contribution in [0.2, 0.25) is 0 Å². The summed E-state index contributed by atoms with van der Waals surface area (Å²) in [5.41, 5.74) is 2.81. The highest BCUT2D eigenvalue weighted by molar-refractivity contribution is 7.98. The molecule has 2 heterocycles. The lowest BCUT2D eigenvalue weighted by atomic mass is 10.2. The van der Waals surface area contributed by atoms with Crippen molar-refractivity contribution in [1.29, 1.82) is 0 Å². The van der Waals surface area contributed by atoms with Gasteiger partial charge in [0.1, 0.15) is 5.76 Å². The Morgan fingerprint density at radius 3 is 2.67 bits per heavy atom. The number of carbonyl (C=O) groups excluding carboxylic acids is 1. The maximum absolute atomic E-state index is 12.8. The first-order valence-corrected chi connectivity index (χ1v) is 8.79. The van der Waals surface area contributed by atoms with Gasteiger partial charge in [-0.25, -0.2) is 0 Å². The number of halogens is 1. The molecule has 0 spiro atoms. The third kappa shape index (κ3) is 4.12. The van der Waals surface area contributed by atoms with E-state index in [1.807, 2.05) is 43.0 Å². The summed E-state index contributed by atoms with van der Waals surface area (Å²) in [6.07, 6.45) is 0. The number of aromatic nitrogens is 1. The number of amides is 1. The molecule has 7 heteroatoms. The van der Waals surface area contributed by atoms with Crippen LogP contribution < -0.4 is 5.32 Å². The topological polar surface area (TPSA) is 58.4 Å². The Balaban J connectivity index is 0.00000208. The molecule has 1 N–H and O–H groups in total. The standard InChI is InChI=1S/C17H21N3O2S.ClH/c1-12-15(13(2)22-19-12)11-23-16-6-4-3-5-14(16)17(21)20-9-7-18-8-10-20;/h3-6,18H,7-11H2,1-2H3;1H. The summed E-state index contributed by atoms with van der Waals surface area (Å²) in [6.45, 7) is 7.13. The third-order valence-electron chi connectivity index (χ3n) is 4.07. The van der Waals surface area contributed by atoms with E-state index in [4.69, 9.17) is 4.52 Å². The van der Waals surface area contributed by atoms with Crippen molar-refractivity contribution in [2.24, 2.45) is 0 Å². The van der Waals surface area contributed by atoms with Gasteiger partial charge in [-0.2, -0.15) is 0 Å². The number of nitrogens with zero attached hydrogens (tertiary/aromatic N) is 2. The molecule has 1 amide bonds. The second kappa shape index (κ2) is 8.55. The molecule has 1 aromatic heterocycles. The van der Waals surface area contributed by atoms with Gasteiger partial charge in [0, 0.05) is 42.4 Å². The summed E-state index contributed by atoms with van der Waals surface area (Å²) in [6, 6.07) is 7.83. The molecule has 1 aliphatic heterocycles. The number of benzene rings is 1. The predicted molar refractivity (Wildman–Crippen MR) is 98.0 cm³/mol. The van der Waals surface area contributed by atoms with E-state index in [-0.39, 0.29) is 18.3 Å². The lowest BCUT2D eigenvalue weighted by Gasteiger charge is -2.28. The van der Waals surface area contributed by atoms with Gasteiger partial charge in [-0.05, 0) is 26.0 Å². The number of aryl methyl sites for hydroxylation is 2. The molecule has 0 atom stereocenters. The molecule has 0 aliphatic carbocycles. The Morgan fingerprint density at radius 2 is 2.00 bits per heavy atom. The smallest absolute Gasteiger partial charge is 0.255 e. The molecule has 1 fully saturated rings. The zero-order valence-corrected chi connectivity index (χ0v) is 15.5. The van der Waals surface area contributed by atoms with Crippen molar-refractivity contribution >= 4 is 30.1 Å². The number of nitrogens with one attached hydrogen (secondary N) is 1. The van der Waals surface area contributed by atoms with E-state index >= 15 is 0 Å². The zero-order chi connectivity index (χ0) is 16.2. The Hall–Kier alpha value is -1.50. The molecular weight excluding hydrogens is 346 g/mol. The summed E-state index contributed by atoms with van der Waals surface area (Å²) in [5.74, 6) is 1.72. The van der Waals surface area contributed by atoms with Crippen molar-refractivity contribution in [3.05, 3.63) is 46.8 Å². The van der Waals surface area contributed by atoms with Crippen LogP contribution >= 0.6 is 24.2 Å². The summed E-state index contributed by atoms with van der Waals surface area (Å²) in [5, 5.41) is 7.26. The summed E-state index contributed by atoms with van der Waals surface area (Å²) < 4.78 is 5.21. The molecule has 130 valence electrons. The number of hydrogen-bond acceptors (Lipinski definition) is 5. The maximum Gasteiger partial charge on any atom is 0.255 e. The third-order valence-corrected chi connectivity index (χ3v) is 5.17. The second-order valence-electron chi connectivity index (χ2n) is 5.63. The Bertz CT molecular complexity index is 679. The highest BCUT2D eigenvalue weighted by Crippen LogP contribution is 2.29. The zero-order valence-electron chi connectivity index (χ0n) is 13.9. The average Bonchev–Trinajstić information content (AvgIpc) is 2.92. The van der Waals surface area contributed by atoms with Gasteiger partial charge in [-0.15, -0.1) is 24.2 Å². The van der Waals surface area contributed by atoms with Crippen molar-refractivity contribution in [2.75, 3.05) is 26.2 Å². The number of hydrogen-bond donors (Lipinski definition) is 1. The van der Waals surface area contributed by atoms with E-state index < -0.39 is 0 Å². The number of thioether (sulfide) groups is 1. The fraction of sp³-hybridized carbons (Fsp3) is 0.412. The van der Waals surface area contributed by atoms with E-state index in [2.05, 4.69) is 10.5 Å². The SMILES string of the molecule is Cc1noc(C)c1CSc1ccccc1C(=O)N1CCNCC1.Cl. The molecule has 0 radical (unpaired) electrons. The Kier molecular flexibility index (Phi) is 6.71. The monoisotopic (exact) mass is 367 g/mol. The van der Waals surface area contributed by atoms with Crippen molar-refractivity contribution < 1.29 is 9.32 Å². The fourth-order valence-corrected chi connectivity index (χ4v) is 3.86. The van der Waals surface area contributed by atoms with Crippen LogP contribution in [0.1, 0.15) is 27.4 Å². The quantitative estimate of drug-likeness (QED) is 0.841. The summed E-state index contributed by atoms with van der Waals surface area (Å²) >= 11 is 1.66. The largest absolute Gasteiger partial charge is 0.361 e. The van der Waals surface area contributed by atoms with Gasteiger partial charge >= 0.3 is 0 Å². The van der Waals surface area contributed by atoms with Crippen LogP contribution in [0.4, 0.5) is 0 Å². The van der Waals surface area contributed by atoms with Crippen LogP contribution in [0.3, 0.4) is 0 Å². The van der Waals surface area contributed by atoms with E-state index in [1.165, 1.54) is 0 Å². The molecule has 5 nitrogen and oxygen atoms in total. The first-order chi connectivity index (χ1) is 11.2. The normalized spacial score (nSPS) is 14.3. The van der Waals surface area contributed by atoms with E-state index in [9.17, 15) is 4.79 Å². The van der Waals surface area contributed by atoms with Gasteiger partial charge < -0.3 is 14.7 Å². The van der Waals surface area contributed by atoms with Crippen molar-refractivity contribution in [2.45, 2.75) is 24.5 Å². The highest BCUT2D eigenvalue weighted by atomic mass is 35.5. The minimum absolute atomic E-state index is 0. The van der Waals surface area contributed by atoms with Gasteiger partial charge in [-0.3, -0.25) is 4.79 Å². The summed E-state index contributed by atoms with van der Waals surface area (Å²) in [7, 11) is 0. The van der Waals surface area contributed by atoms with Gasteiger partial charge in [0.15, 0.2) is 0 Å². The van der Waals surface area contributed by atoms with Gasteiger partial charge in [0.05, 0.1) is 11.3 Å². The number of rotatable bonds is 4. The second-order valence-corrected chi connectivity index (χ2v) is 6.65. The summed E-state index contributed by atoms with van der Waals surface area (Å²) in [4.78, 5) is 15.7. The molecule has 24 heavy (non-hydrogen) atoms. The average molecular weight is 368 g/mol. The first-order valence-electron chi connectivity index (χ1n) is 7.80. The van der Waals surface area contributed by atoms with Crippen LogP contribution in [0.15, 0.2) is 33.7 Å². The Labute approximate surface area is 152 Å². The number of carbonyl (C=O) groups is 1. The van der Waals surface area contributed by atoms with Crippen LogP contribution in [-0.2, 0) is 5.75 Å². The molecule has 0 saturated carbocycles. The van der Waals surface area contributed by atoms with E-state index in [1.54, 1.807) is 11.8 Å². The maximum atomic E-state index is 12.8. The lowest BCUT2D eigenvalue weighted by molar-refractivity contribution is 0.0732. The van der Waals surface area contributed by atoms with Crippen LogP contribution in [0, 0.1) is 13.8 Å². The minimum Gasteiger partial charge on any atom is -0.361 e. The Morgan fingerprint density at radius 1 is 1.29 bits per heavy atom.